The first-order valence-corrected chi connectivity index (χ1v) is 6.77. The van der Waals surface area contributed by atoms with Crippen LogP contribution < -0.4 is 5.73 Å². The van der Waals surface area contributed by atoms with Crippen LogP contribution in [0, 0.1) is 0 Å². The summed E-state index contributed by atoms with van der Waals surface area (Å²) in [5.41, 5.74) is 8.14. The van der Waals surface area contributed by atoms with Gasteiger partial charge < -0.3 is 10.5 Å². The number of nitrogens with zero attached hydrogens (tertiary/aromatic N) is 3. The number of aromatic nitrogens is 3. The largest absolute Gasteiger partial charge is 0.462 e. The minimum absolute atomic E-state index is 0.302. The van der Waals surface area contributed by atoms with Crippen LogP contribution in [0.2, 0.25) is 0 Å². The lowest BCUT2D eigenvalue weighted by Gasteiger charge is -2.07. The highest BCUT2D eigenvalue weighted by molar-refractivity contribution is 8.01. The molecule has 0 saturated heterocycles. The van der Waals surface area contributed by atoms with Gasteiger partial charge in [0.25, 0.3) is 0 Å². The van der Waals surface area contributed by atoms with Gasteiger partial charge in [-0.3, -0.25) is 0 Å². The van der Waals surface area contributed by atoms with Crippen LogP contribution in [0.15, 0.2) is 27.1 Å². The van der Waals surface area contributed by atoms with Gasteiger partial charge in [-0.05, 0) is 24.8 Å². The smallest absolute Gasteiger partial charge is 0.340 e. The third-order valence-corrected chi connectivity index (χ3v) is 3.77. The van der Waals surface area contributed by atoms with Gasteiger partial charge in [0.15, 0.2) is 4.34 Å². The molecule has 0 spiro atoms. The number of nitrogen functional groups attached to an aromatic ring is 1. The van der Waals surface area contributed by atoms with Crippen LogP contribution >= 0.6 is 23.1 Å². The maximum atomic E-state index is 11.7. The average molecular weight is 282 g/mol. The predicted molar refractivity (Wildman–Crippen MR) is 68.6 cm³/mol. The first-order valence-electron chi connectivity index (χ1n) is 5.08. The molecule has 8 heteroatoms. The van der Waals surface area contributed by atoms with E-state index in [9.17, 15) is 4.79 Å². The summed E-state index contributed by atoms with van der Waals surface area (Å²) in [6.45, 7) is 2.05. The van der Waals surface area contributed by atoms with Gasteiger partial charge in [0, 0.05) is 6.20 Å². The molecule has 0 aliphatic heterocycles. The van der Waals surface area contributed by atoms with Crippen molar-refractivity contribution >= 4 is 34.8 Å². The average Bonchev–Trinajstić information content (AvgIpc) is 2.85. The number of nitrogens with two attached hydrogens (primary N) is 1. The van der Waals surface area contributed by atoms with E-state index >= 15 is 0 Å². The van der Waals surface area contributed by atoms with Crippen molar-refractivity contribution in [2.24, 2.45) is 0 Å². The summed E-state index contributed by atoms with van der Waals surface area (Å²) in [7, 11) is 0. The molecule has 0 radical (unpaired) electrons. The maximum Gasteiger partial charge on any atom is 0.340 e. The lowest BCUT2D eigenvalue weighted by Crippen LogP contribution is -2.09. The molecule has 0 aliphatic rings. The van der Waals surface area contributed by atoms with Gasteiger partial charge in [-0.25, -0.2) is 9.78 Å². The Kier molecular flexibility index (Phi) is 4.11. The Morgan fingerprint density at radius 1 is 1.61 bits per heavy atom. The summed E-state index contributed by atoms with van der Waals surface area (Å²) in [5, 5.41) is 8.13. The Morgan fingerprint density at radius 3 is 3.11 bits per heavy atom. The van der Waals surface area contributed by atoms with Crippen molar-refractivity contribution in [3.8, 4) is 0 Å². The number of pyridine rings is 1. The zero-order chi connectivity index (χ0) is 13.0. The molecule has 6 nitrogen and oxygen atoms in total. The highest BCUT2D eigenvalue weighted by Gasteiger charge is 2.16. The summed E-state index contributed by atoms with van der Waals surface area (Å²) < 4.78 is 5.64. The fourth-order valence-electron chi connectivity index (χ4n) is 1.21. The Labute approximate surface area is 112 Å². The van der Waals surface area contributed by atoms with Crippen molar-refractivity contribution in [2.45, 2.75) is 16.3 Å². The molecule has 0 atom stereocenters. The summed E-state index contributed by atoms with van der Waals surface area (Å²) >= 11 is 2.65. The minimum Gasteiger partial charge on any atom is -0.462 e. The molecule has 0 bridgehead atoms. The van der Waals surface area contributed by atoms with Crippen LogP contribution in [0.1, 0.15) is 17.3 Å². The van der Waals surface area contributed by atoms with E-state index in [0.717, 1.165) is 4.34 Å². The summed E-state index contributed by atoms with van der Waals surface area (Å²) in [6, 6.07) is 1.54. The van der Waals surface area contributed by atoms with Gasteiger partial charge >= 0.3 is 5.97 Å². The highest BCUT2D eigenvalue weighted by Crippen LogP contribution is 2.32. The molecule has 0 aromatic carbocycles. The molecule has 0 fully saturated rings. The Bertz CT molecular complexity index is 545. The van der Waals surface area contributed by atoms with E-state index in [2.05, 4.69) is 15.2 Å². The Balaban J connectivity index is 2.27. The molecule has 2 aromatic rings. The number of carbonyl (C=O) groups excluding carboxylic acids is 1. The number of carbonyl (C=O) groups is 1. The number of hydrogen-bond donors (Lipinski definition) is 1. The molecule has 0 aliphatic carbocycles. The van der Waals surface area contributed by atoms with Crippen LogP contribution in [0.3, 0.4) is 0 Å². The predicted octanol–water partition coefficient (Wildman–Crippen LogP) is 1.84. The fraction of sp³-hybridized carbons (Fsp3) is 0.200. The van der Waals surface area contributed by atoms with Gasteiger partial charge in [-0.15, -0.1) is 10.2 Å². The zero-order valence-electron chi connectivity index (χ0n) is 9.49. The molecule has 0 saturated carbocycles. The van der Waals surface area contributed by atoms with Crippen LogP contribution in [0.4, 0.5) is 5.69 Å². The first kappa shape index (κ1) is 12.8. The SMILES string of the molecule is CCOC(=O)c1ccnc(Sc2nncs2)c1N. The second-order valence-electron chi connectivity index (χ2n) is 3.10. The van der Waals surface area contributed by atoms with Gasteiger partial charge in [0.1, 0.15) is 10.5 Å². The van der Waals surface area contributed by atoms with E-state index in [4.69, 9.17) is 10.5 Å². The van der Waals surface area contributed by atoms with Crippen LogP contribution in [0.25, 0.3) is 0 Å². The number of esters is 1. The Hall–Kier alpha value is -1.67. The van der Waals surface area contributed by atoms with E-state index in [1.165, 1.54) is 35.4 Å². The molecule has 0 amide bonds. The van der Waals surface area contributed by atoms with Gasteiger partial charge in [0.05, 0.1) is 17.9 Å². The quantitative estimate of drug-likeness (QED) is 0.855. The molecular formula is C10H10N4O2S2. The van der Waals surface area contributed by atoms with Crippen molar-refractivity contribution in [1.82, 2.24) is 15.2 Å². The van der Waals surface area contributed by atoms with Crippen molar-refractivity contribution < 1.29 is 9.53 Å². The molecule has 94 valence electrons. The lowest BCUT2D eigenvalue weighted by molar-refractivity contribution is 0.0527. The third kappa shape index (κ3) is 2.77. The molecule has 2 heterocycles. The number of hydrogen-bond acceptors (Lipinski definition) is 8. The van der Waals surface area contributed by atoms with Crippen LogP contribution in [-0.4, -0.2) is 27.8 Å². The minimum atomic E-state index is -0.448. The number of anilines is 1. The van der Waals surface area contributed by atoms with Crippen molar-refractivity contribution in [1.29, 1.82) is 0 Å². The molecule has 2 N–H and O–H groups in total. The van der Waals surface area contributed by atoms with Gasteiger partial charge in [-0.2, -0.15) is 0 Å². The van der Waals surface area contributed by atoms with Crippen LogP contribution in [-0.2, 0) is 4.74 Å². The molecule has 18 heavy (non-hydrogen) atoms. The standard InChI is InChI=1S/C10H10N4O2S2/c1-2-16-9(15)6-3-4-12-8(7(6)11)18-10-14-13-5-17-10/h3-5H,2,11H2,1H3. The monoisotopic (exact) mass is 282 g/mol. The summed E-state index contributed by atoms with van der Waals surface area (Å²) in [4.78, 5) is 15.8. The highest BCUT2D eigenvalue weighted by atomic mass is 32.2. The van der Waals surface area contributed by atoms with Crippen molar-refractivity contribution in [3.63, 3.8) is 0 Å². The zero-order valence-corrected chi connectivity index (χ0v) is 11.1. The van der Waals surface area contributed by atoms with Crippen molar-refractivity contribution in [3.05, 3.63) is 23.3 Å². The number of ether oxygens (including phenoxy) is 1. The molecular weight excluding hydrogens is 272 g/mol. The van der Waals surface area contributed by atoms with Gasteiger partial charge in [0.2, 0.25) is 0 Å². The lowest BCUT2D eigenvalue weighted by atomic mass is 10.2. The Morgan fingerprint density at radius 2 is 2.44 bits per heavy atom. The van der Waals surface area contributed by atoms with Crippen molar-refractivity contribution in [2.75, 3.05) is 12.3 Å². The third-order valence-electron chi connectivity index (χ3n) is 1.97. The van der Waals surface area contributed by atoms with E-state index < -0.39 is 5.97 Å². The van der Waals surface area contributed by atoms with Gasteiger partial charge in [-0.1, -0.05) is 11.3 Å². The topological polar surface area (TPSA) is 91.0 Å². The molecule has 0 unspecified atom stereocenters. The second-order valence-corrected chi connectivity index (χ2v) is 5.17. The van der Waals surface area contributed by atoms with E-state index in [-0.39, 0.29) is 0 Å². The van der Waals surface area contributed by atoms with E-state index in [0.29, 0.717) is 22.9 Å². The summed E-state index contributed by atoms with van der Waals surface area (Å²) in [5.74, 6) is -0.448. The van der Waals surface area contributed by atoms with Crippen LogP contribution in [0.5, 0.6) is 0 Å². The molecule has 2 rings (SSSR count). The second kappa shape index (κ2) is 5.78. The fourth-order valence-corrected chi connectivity index (χ4v) is 2.64. The summed E-state index contributed by atoms with van der Waals surface area (Å²) in [6.07, 6.45) is 1.52. The normalized spacial score (nSPS) is 10.3. The van der Waals surface area contributed by atoms with E-state index in [1.54, 1.807) is 12.4 Å². The number of rotatable bonds is 4. The molecule has 2 aromatic heterocycles. The first-order chi connectivity index (χ1) is 8.72. The maximum absolute atomic E-state index is 11.7. The van der Waals surface area contributed by atoms with E-state index in [1.807, 2.05) is 0 Å².